The lowest BCUT2D eigenvalue weighted by atomic mass is 10.1. The summed E-state index contributed by atoms with van der Waals surface area (Å²) in [5, 5.41) is 2.57. The molecule has 2 aromatic carbocycles. The van der Waals surface area contributed by atoms with Crippen molar-refractivity contribution in [2.24, 2.45) is 0 Å². The summed E-state index contributed by atoms with van der Waals surface area (Å²) in [6.07, 6.45) is 2.02. The summed E-state index contributed by atoms with van der Waals surface area (Å²) in [5.74, 6) is 0.122. The molecule has 0 aliphatic heterocycles. The minimum Gasteiger partial charge on any atom is -0.319 e. The Hall–Kier alpha value is -1.33. The van der Waals surface area contributed by atoms with E-state index < -0.39 is 5.82 Å². The molecule has 0 atom stereocenters. The molecule has 0 unspecified atom stereocenters. The monoisotopic (exact) mass is 353 g/mol. The van der Waals surface area contributed by atoms with Gasteiger partial charge in [-0.25, -0.2) is 4.39 Å². The third-order valence-electron chi connectivity index (χ3n) is 2.71. The molecule has 0 radical (unpaired) electrons. The molecule has 0 spiro atoms. The Balaban J connectivity index is 2.11. The van der Waals surface area contributed by atoms with E-state index in [1.165, 1.54) is 12.1 Å². The van der Waals surface area contributed by atoms with Crippen molar-refractivity contribution >= 4 is 39.3 Å². The van der Waals surface area contributed by atoms with E-state index in [0.717, 1.165) is 11.3 Å². The van der Waals surface area contributed by atoms with E-state index in [0.29, 0.717) is 10.0 Å². The summed E-state index contributed by atoms with van der Waals surface area (Å²) < 4.78 is 14.3. The number of carbonyl (C=O) groups is 1. The fourth-order valence-electron chi connectivity index (χ4n) is 1.70. The summed E-state index contributed by atoms with van der Waals surface area (Å²) in [7, 11) is 0. The molecule has 0 heterocycles. The van der Waals surface area contributed by atoms with Gasteiger partial charge in [-0.05, 0) is 42.2 Å². The number of halogens is 2. The highest BCUT2D eigenvalue weighted by Gasteiger charge is 2.09. The highest BCUT2D eigenvalue weighted by Crippen LogP contribution is 2.20. The molecule has 2 aromatic rings. The molecule has 2 nitrogen and oxygen atoms in total. The first kappa shape index (κ1) is 15.1. The van der Waals surface area contributed by atoms with Gasteiger partial charge >= 0.3 is 0 Å². The number of anilines is 1. The van der Waals surface area contributed by atoms with Crippen molar-refractivity contribution in [1.29, 1.82) is 0 Å². The average molecular weight is 354 g/mol. The maximum atomic E-state index is 13.6. The quantitative estimate of drug-likeness (QED) is 0.862. The molecule has 0 saturated heterocycles. The summed E-state index contributed by atoms with van der Waals surface area (Å²) >= 11 is 4.90. The van der Waals surface area contributed by atoms with Crippen LogP contribution >= 0.6 is 27.7 Å². The van der Waals surface area contributed by atoms with Crippen LogP contribution in [0.25, 0.3) is 0 Å². The fraction of sp³-hybridized carbons (Fsp3) is 0.133. The zero-order valence-electron chi connectivity index (χ0n) is 10.8. The van der Waals surface area contributed by atoms with Crippen LogP contribution in [0.2, 0.25) is 0 Å². The van der Waals surface area contributed by atoms with Gasteiger partial charge in [0.15, 0.2) is 0 Å². The van der Waals surface area contributed by atoms with Gasteiger partial charge in [0.1, 0.15) is 5.82 Å². The van der Waals surface area contributed by atoms with E-state index in [2.05, 4.69) is 21.2 Å². The number of benzene rings is 2. The average Bonchev–Trinajstić information content (AvgIpc) is 2.43. The molecule has 1 N–H and O–H groups in total. The maximum absolute atomic E-state index is 13.6. The van der Waals surface area contributed by atoms with Crippen molar-refractivity contribution in [1.82, 2.24) is 0 Å². The number of amides is 1. The van der Waals surface area contributed by atoms with Gasteiger partial charge < -0.3 is 5.32 Å². The lowest BCUT2D eigenvalue weighted by Gasteiger charge is -2.07. The fourth-order valence-corrected chi connectivity index (χ4v) is 2.56. The van der Waals surface area contributed by atoms with Gasteiger partial charge in [-0.1, -0.05) is 28.1 Å². The Kier molecular flexibility index (Phi) is 5.20. The Morgan fingerprint density at radius 3 is 2.55 bits per heavy atom. The number of nitrogens with one attached hydrogen (secondary N) is 1. The summed E-state index contributed by atoms with van der Waals surface area (Å²) in [5.41, 5.74) is 1.84. The van der Waals surface area contributed by atoms with E-state index in [1.54, 1.807) is 30.0 Å². The lowest BCUT2D eigenvalue weighted by Crippen LogP contribution is -2.12. The standard InChI is InChI=1S/C15H13BrFNOS/c1-20-9-10-2-4-11(5-3-10)15(19)18-14-7-6-12(16)8-13(14)17/h2-8H,9H2,1H3,(H,18,19). The van der Waals surface area contributed by atoms with Crippen LogP contribution in [0.15, 0.2) is 46.9 Å². The van der Waals surface area contributed by atoms with Crippen molar-refractivity contribution < 1.29 is 9.18 Å². The molecule has 0 aliphatic carbocycles. The topological polar surface area (TPSA) is 29.1 Å². The molecular formula is C15H13BrFNOS. The first-order valence-corrected chi connectivity index (χ1v) is 8.13. The number of hydrogen-bond acceptors (Lipinski definition) is 2. The second kappa shape index (κ2) is 6.90. The SMILES string of the molecule is CSCc1ccc(C(=O)Nc2ccc(Br)cc2F)cc1. The van der Waals surface area contributed by atoms with E-state index in [-0.39, 0.29) is 11.6 Å². The van der Waals surface area contributed by atoms with Gasteiger partial charge in [-0.3, -0.25) is 4.79 Å². The van der Waals surface area contributed by atoms with Crippen molar-refractivity contribution in [3.05, 3.63) is 63.9 Å². The summed E-state index contributed by atoms with van der Waals surface area (Å²) in [4.78, 5) is 12.0. The first-order valence-electron chi connectivity index (χ1n) is 5.94. The first-order chi connectivity index (χ1) is 9.60. The molecule has 5 heteroatoms. The molecule has 1 amide bonds. The van der Waals surface area contributed by atoms with Crippen LogP contribution in [0, 0.1) is 5.82 Å². The van der Waals surface area contributed by atoms with E-state index in [1.807, 2.05) is 18.4 Å². The van der Waals surface area contributed by atoms with Crippen LogP contribution in [-0.4, -0.2) is 12.2 Å². The van der Waals surface area contributed by atoms with Crippen LogP contribution in [0.3, 0.4) is 0 Å². The Morgan fingerprint density at radius 1 is 1.25 bits per heavy atom. The van der Waals surface area contributed by atoms with Crippen molar-refractivity contribution in [2.45, 2.75) is 5.75 Å². The molecule has 0 fully saturated rings. The Labute approximate surface area is 129 Å². The second-order valence-corrected chi connectivity index (χ2v) is 5.99. The number of thioether (sulfide) groups is 1. The molecule has 104 valence electrons. The Morgan fingerprint density at radius 2 is 1.95 bits per heavy atom. The van der Waals surface area contributed by atoms with Gasteiger partial charge in [0.2, 0.25) is 0 Å². The van der Waals surface area contributed by atoms with E-state index >= 15 is 0 Å². The third-order valence-corrected chi connectivity index (χ3v) is 3.82. The predicted octanol–water partition coefficient (Wildman–Crippen LogP) is 4.70. The molecule has 0 aliphatic rings. The maximum Gasteiger partial charge on any atom is 0.255 e. The van der Waals surface area contributed by atoms with E-state index in [9.17, 15) is 9.18 Å². The number of rotatable bonds is 4. The van der Waals surface area contributed by atoms with Crippen molar-refractivity contribution in [3.8, 4) is 0 Å². The minimum absolute atomic E-state index is 0.173. The van der Waals surface area contributed by atoms with Crippen LogP contribution in [-0.2, 0) is 5.75 Å². The van der Waals surface area contributed by atoms with E-state index in [4.69, 9.17) is 0 Å². The highest BCUT2D eigenvalue weighted by atomic mass is 79.9. The van der Waals surface area contributed by atoms with Crippen LogP contribution < -0.4 is 5.32 Å². The zero-order valence-corrected chi connectivity index (χ0v) is 13.2. The van der Waals surface area contributed by atoms with Crippen molar-refractivity contribution in [2.75, 3.05) is 11.6 Å². The number of carbonyl (C=O) groups excluding carboxylic acids is 1. The molecule has 0 aromatic heterocycles. The van der Waals surface area contributed by atoms with Gasteiger partial charge in [0.05, 0.1) is 5.69 Å². The normalized spacial score (nSPS) is 10.3. The smallest absolute Gasteiger partial charge is 0.255 e. The second-order valence-electron chi connectivity index (χ2n) is 4.21. The third kappa shape index (κ3) is 3.84. The Bertz CT molecular complexity index is 616. The van der Waals surface area contributed by atoms with Crippen LogP contribution in [0.1, 0.15) is 15.9 Å². The van der Waals surface area contributed by atoms with Crippen molar-refractivity contribution in [3.63, 3.8) is 0 Å². The molecule has 0 bridgehead atoms. The van der Waals surface area contributed by atoms with Gasteiger partial charge in [-0.2, -0.15) is 11.8 Å². The van der Waals surface area contributed by atoms with Gasteiger partial charge in [0, 0.05) is 15.8 Å². The zero-order chi connectivity index (χ0) is 14.5. The minimum atomic E-state index is -0.466. The molecular weight excluding hydrogens is 341 g/mol. The molecule has 0 saturated carbocycles. The van der Waals surface area contributed by atoms with Crippen LogP contribution in [0.4, 0.5) is 10.1 Å². The molecule has 2 rings (SSSR count). The molecule has 20 heavy (non-hydrogen) atoms. The highest BCUT2D eigenvalue weighted by molar-refractivity contribution is 9.10. The van der Waals surface area contributed by atoms with Crippen LogP contribution in [0.5, 0.6) is 0 Å². The van der Waals surface area contributed by atoms with Gasteiger partial charge in [-0.15, -0.1) is 0 Å². The summed E-state index contributed by atoms with van der Waals surface area (Å²) in [6, 6.07) is 11.8. The van der Waals surface area contributed by atoms with Gasteiger partial charge in [0.25, 0.3) is 5.91 Å². The predicted molar refractivity (Wildman–Crippen MR) is 85.7 cm³/mol. The largest absolute Gasteiger partial charge is 0.319 e. The lowest BCUT2D eigenvalue weighted by molar-refractivity contribution is 0.102. The number of hydrogen-bond donors (Lipinski definition) is 1. The summed E-state index contributed by atoms with van der Waals surface area (Å²) in [6.45, 7) is 0.